The molecule has 0 saturated carbocycles. The van der Waals surface area contributed by atoms with Crippen LogP contribution in [0.3, 0.4) is 0 Å². The van der Waals surface area contributed by atoms with Gasteiger partial charge in [0.1, 0.15) is 22.3 Å². The zero-order valence-electron chi connectivity index (χ0n) is 31.0. The molecule has 1 aliphatic heterocycles. The quantitative estimate of drug-likeness (QED) is 0.179. The number of benzene rings is 7. The molecule has 7 nitrogen and oxygen atoms in total. The summed E-state index contributed by atoms with van der Waals surface area (Å²) < 4.78 is 15.1. The number of hydrogen-bond donors (Lipinski definition) is 0. The van der Waals surface area contributed by atoms with Gasteiger partial charge in [0.25, 0.3) is 0 Å². The third-order valence-electron chi connectivity index (χ3n) is 11.2. The Balaban J connectivity index is 1.08. The Morgan fingerprint density at radius 1 is 0.483 bits per heavy atom. The molecule has 7 aromatic carbocycles. The molecule has 0 unspecified atom stereocenters. The lowest BCUT2D eigenvalue weighted by atomic mass is 10.0. The Labute approximate surface area is 331 Å². The average Bonchev–Trinajstić information content (AvgIpc) is 3.94. The van der Waals surface area contributed by atoms with Gasteiger partial charge in [0.15, 0.2) is 11.6 Å². The average molecular weight is 746 g/mol. The topological polar surface area (TPSA) is 73.1 Å². The molecule has 12 rings (SSSR count). The van der Waals surface area contributed by atoms with Crippen LogP contribution >= 0.6 is 0 Å². The van der Waals surface area contributed by atoms with Crippen LogP contribution < -0.4 is 4.90 Å². The van der Waals surface area contributed by atoms with Crippen LogP contribution in [0.15, 0.2) is 192 Å². The van der Waals surface area contributed by atoms with Crippen molar-refractivity contribution < 1.29 is 8.83 Å². The van der Waals surface area contributed by atoms with Crippen molar-refractivity contribution in [3.05, 3.63) is 188 Å². The van der Waals surface area contributed by atoms with Gasteiger partial charge >= 0.3 is 0 Å². The van der Waals surface area contributed by atoms with Gasteiger partial charge in [-0.15, -0.1) is 0 Å². The van der Waals surface area contributed by atoms with Crippen molar-refractivity contribution in [1.82, 2.24) is 19.5 Å². The Morgan fingerprint density at radius 2 is 1.14 bits per heavy atom. The first-order valence-corrected chi connectivity index (χ1v) is 19.2. The Kier molecular flexibility index (Phi) is 6.94. The summed E-state index contributed by atoms with van der Waals surface area (Å²) in [6, 6.07) is 51.8. The fourth-order valence-electron chi connectivity index (χ4n) is 8.53. The van der Waals surface area contributed by atoms with Gasteiger partial charge in [0.05, 0.1) is 16.7 Å². The molecule has 0 fully saturated rings. The Morgan fingerprint density at radius 3 is 2.00 bits per heavy atom. The van der Waals surface area contributed by atoms with Gasteiger partial charge in [0.2, 0.25) is 5.95 Å². The minimum Gasteiger partial charge on any atom is -0.456 e. The van der Waals surface area contributed by atoms with E-state index in [1.54, 1.807) is 0 Å². The Hall–Kier alpha value is -8.03. The van der Waals surface area contributed by atoms with Crippen molar-refractivity contribution >= 4 is 82.6 Å². The van der Waals surface area contributed by atoms with Crippen LogP contribution in [0.5, 0.6) is 0 Å². The van der Waals surface area contributed by atoms with E-state index in [1.807, 2.05) is 60.7 Å². The predicted molar refractivity (Wildman–Crippen MR) is 235 cm³/mol. The molecule has 7 heteroatoms. The van der Waals surface area contributed by atoms with Crippen molar-refractivity contribution in [2.24, 2.45) is 0 Å². The highest BCUT2D eigenvalue weighted by molar-refractivity contribution is 6.13. The van der Waals surface area contributed by atoms with Crippen LogP contribution in [0.25, 0.3) is 100.0 Å². The minimum absolute atomic E-state index is 0.521. The van der Waals surface area contributed by atoms with Gasteiger partial charge in [-0.25, -0.2) is 4.98 Å². The second-order valence-corrected chi connectivity index (χ2v) is 14.5. The first-order chi connectivity index (χ1) is 28.7. The second-order valence-electron chi connectivity index (χ2n) is 14.5. The van der Waals surface area contributed by atoms with E-state index in [4.69, 9.17) is 23.8 Å². The minimum atomic E-state index is 0.521. The molecule has 4 aromatic heterocycles. The maximum Gasteiger partial charge on any atom is 0.238 e. The van der Waals surface area contributed by atoms with Crippen LogP contribution in [0.2, 0.25) is 0 Å². The lowest BCUT2D eigenvalue weighted by molar-refractivity contribution is 0.668. The predicted octanol–water partition coefficient (Wildman–Crippen LogP) is 13.3. The molecule has 0 saturated heterocycles. The highest BCUT2D eigenvalue weighted by Crippen LogP contribution is 2.41. The summed E-state index contributed by atoms with van der Waals surface area (Å²) in [7, 11) is 0. The van der Waals surface area contributed by atoms with Crippen molar-refractivity contribution in [2.75, 3.05) is 4.90 Å². The maximum absolute atomic E-state index is 6.65. The van der Waals surface area contributed by atoms with Crippen LogP contribution in [0, 0.1) is 0 Å². The first-order valence-electron chi connectivity index (χ1n) is 19.2. The first kappa shape index (κ1) is 32.2. The van der Waals surface area contributed by atoms with E-state index in [0.29, 0.717) is 17.6 Å². The van der Waals surface area contributed by atoms with Crippen molar-refractivity contribution in [2.45, 2.75) is 0 Å². The largest absolute Gasteiger partial charge is 0.456 e. The summed E-state index contributed by atoms with van der Waals surface area (Å²) in [4.78, 5) is 17.9. The van der Waals surface area contributed by atoms with Gasteiger partial charge in [-0.05, 0) is 66.2 Å². The standard InChI is InChI=1S/C51H31N5O2/c1-31-13-10-11-28-55(41-19-6-2-14-34(31)41)33-25-27-39-47(30-33)58-45-23-12-18-40(48(39)45)50-52-49(32-24-26-38-37-17-5-9-22-44(37)57-46(38)29-32)53-51(54-50)56-42-20-7-3-15-35(42)36-16-4-8-21-43(36)56/h2-30H,1H2/b13-10-,28-11-. The summed E-state index contributed by atoms with van der Waals surface area (Å²) in [6.45, 7) is 4.31. The van der Waals surface area contributed by atoms with Crippen LogP contribution in [-0.4, -0.2) is 19.5 Å². The molecule has 0 N–H and O–H groups in total. The molecule has 0 atom stereocenters. The summed E-state index contributed by atoms with van der Waals surface area (Å²) in [5, 5.41) is 6.26. The molecule has 272 valence electrons. The molecular formula is C51H31N5O2. The molecule has 58 heavy (non-hydrogen) atoms. The summed E-state index contributed by atoms with van der Waals surface area (Å²) in [6.07, 6.45) is 8.15. The van der Waals surface area contributed by atoms with E-state index in [1.165, 1.54) is 0 Å². The normalized spacial score (nSPS) is 14.1. The van der Waals surface area contributed by atoms with E-state index >= 15 is 0 Å². The lowest BCUT2D eigenvalue weighted by Gasteiger charge is -2.24. The molecule has 0 spiro atoms. The number of hydrogen-bond acceptors (Lipinski definition) is 6. The molecule has 0 amide bonds. The number of fused-ring (bicyclic) bond motifs is 10. The van der Waals surface area contributed by atoms with Crippen LogP contribution in [-0.2, 0) is 0 Å². The van der Waals surface area contributed by atoms with Crippen LogP contribution in [0.4, 0.5) is 11.4 Å². The zero-order valence-corrected chi connectivity index (χ0v) is 31.0. The highest BCUT2D eigenvalue weighted by Gasteiger charge is 2.22. The van der Waals surface area contributed by atoms with Gasteiger partial charge in [-0.3, -0.25) is 4.57 Å². The number of nitrogens with zero attached hydrogens (tertiary/aromatic N) is 5. The fraction of sp³-hybridized carbons (Fsp3) is 0. The molecule has 11 aromatic rings. The van der Waals surface area contributed by atoms with Gasteiger partial charge in [-0.1, -0.05) is 110 Å². The van der Waals surface area contributed by atoms with E-state index in [-0.39, 0.29) is 0 Å². The number of aromatic nitrogens is 4. The van der Waals surface area contributed by atoms with E-state index in [9.17, 15) is 0 Å². The third kappa shape index (κ3) is 4.90. The molecule has 1 aliphatic rings. The van der Waals surface area contributed by atoms with E-state index in [2.05, 4.69) is 131 Å². The Bertz CT molecular complexity index is 3510. The number of furan rings is 2. The van der Waals surface area contributed by atoms with Crippen molar-refractivity contribution in [3.63, 3.8) is 0 Å². The molecule has 0 bridgehead atoms. The number of para-hydroxylation sites is 4. The van der Waals surface area contributed by atoms with Crippen LogP contribution in [0.1, 0.15) is 5.56 Å². The molecule has 5 heterocycles. The van der Waals surface area contributed by atoms with E-state index in [0.717, 1.165) is 99.3 Å². The summed E-state index contributed by atoms with van der Waals surface area (Å²) in [5.74, 6) is 1.59. The van der Waals surface area contributed by atoms with Gasteiger partial charge in [-0.2, -0.15) is 9.97 Å². The highest BCUT2D eigenvalue weighted by atomic mass is 16.3. The molecule has 0 radical (unpaired) electrons. The maximum atomic E-state index is 6.65. The van der Waals surface area contributed by atoms with Crippen molar-refractivity contribution in [1.29, 1.82) is 0 Å². The number of anilines is 2. The monoisotopic (exact) mass is 745 g/mol. The SMILES string of the molecule is C=C1/C=C\C=C/N(c2ccc3c(c2)oc2cccc(-c4nc(-c5ccc6c(c5)oc5ccccc56)nc(-n5c6ccccc6c6ccccc65)n4)c23)c2ccccc21. The third-order valence-corrected chi connectivity index (χ3v) is 11.2. The van der Waals surface area contributed by atoms with Crippen molar-refractivity contribution in [3.8, 4) is 28.7 Å². The second kappa shape index (κ2) is 12.5. The van der Waals surface area contributed by atoms with Gasteiger partial charge in [0, 0.05) is 67.0 Å². The zero-order chi connectivity index (χ0) is 38.3. The lowest BCUT2D eigenvalue weighted by Crippen LogP contribution is -2.11. The smallest absolute Gasteiger partial charge is 0.238 e. The fourth-order valence-corrected chi connectivity index (χ4v) is 8.53. The number of rotatable bonds is 4. The number of allylic oxidation sites excluding steroid dienone is 4. The summed E-state index contributed by atoms with van der Waals surface area (Å²) in [5.41, 5.74) is 10.8. The summed E-state index contributed by atoms with van der Waals surface area (Å²) >= 11 is 0. The van der Waals surface area contributed by atoms with E-state index < -0.39 is 0 Å². The molecule has 0 aliphatic carbocycles. The van der Waals surface area contributed by atoms with Gasteiger partial charge < -0.3 is 13.7 Å². The molecular weight excluding hydrogens is 715 g/mol.